The van der Waals surface area contributed by atoms with Gasteiger partial charge in [0.15, 0.2) is 0 Å². The van der Waals surface area contributed by atoms with Crippen LogP contribution in [0, 0.1) is 0 Å². The molecule has 0 rings (SSSR count). The molecule has 0 aliphatic heterocycles. The number of aliphatic hydroxyl groups is 2. The average molecular weight is 391 g/mol. The van der Waals surface area contributed by atoms with Crippen molar-refractivity contribution in [3.63, 3.8) is 0 Å². The minimum Gasteiger partial charge on any atom is -0.480 e. The quantitative estimate of drug-likeness (QED) is 0.168. The van der Waals surface area contributed by atoms with Crippen LogP contribution in [0.2, 0.25) is 0 Å². The third kappa shape index (κ3) is 8.94. The number of carbonyl (C=O) groups is 5. The van der Waals surface area contributed by atoms with Crippen molar-refractivity contribution in [3.05, 3.63) is 0 Å². The van der Waals surface area contributed by atoms with Gasteiger partial charge < -0.3 is 42.7 Å². The van der Waals surface area contributed by atoms with Gasteiger partial charge in [0.1, 0.15) is 18.6 Å². The lowest BCUT2D eigenvalue weighted by molar-refractivity contribution is -0.139. The Morgan fingerprint density at radius 2 is 1.33 bits per heavy atom. The number of aliphatic hydroxyl groups excluding tert-OH is 2. The van der Waals surface area contributed by atoms with Crippen molar-refractivity contribution < 1.29 is 39.3 Å². The van der Waals surface area contributed by atoms with Crippen LogP contribution in [-0.2, 0) is 24.0 Å². The SMILES string of the molecule is CC(O)C(NC(=O)C(N)CC(N)=O)C(=O)NC(C(=O)NCC(=O)O)C(C)O. The first-order valence-electron chi connectivity index (χ1n) is 7.87. The lowest BCUT2D eigenvalue weighted by Crippen LogP contribution is -2.61. The number of aliphatic carboxylic acids is 1. The zero-order valence-corrected chi connectivity index (χ0v) is 14.8. The van der Waals surface area contributed by atoms with Gasteiger partial charge in [0.25, 0.3) is 0 Å². The van der Waals surface area contributed by atoms with Crippen molar-refractivity contribution in [1.82, 2.24) is 16.0 Å². The molecule has 0 fully saturated rings. The number of hydrogen-bond acceptors (Lipinski definition) is 8. The summed E-state index contributed by atoms with van der Waals surface area (Å²) in [6.07, 6.45) is -3.33. The van der Waals surface area contributed by atoms with E-state index in [4.69, 9.17) is 16.6 Å². The van der Waals surface area contributed by atoms with Gasteiger partial charge in [0.2, 0.25) is 23.6 Å². The molecule has 0 aromatic rings. The first-order chi connectivity index (χ1) is 12.4. The fraction of sp³-hybridized carbons (Fsp3) is 0.643. The molecule has 0 aromatic carbocycles. The van der Waals surface area contributed by atoms with Gasteiger partial charge in [-0.05, 0) is 13.8 Å². The fourth-order valence-corrected chi connectivity index (χ4v) is 1.90. The molecular formula is C14H25N5O8. The largest absolute Gasteiger partial charge is 0.480 e. The van der Waals surface area contributed by atoms with E-state index in [1.165, 1.54) is 13.8 Å². The number of nitrogens with two attached hydrogens (primary N) is 2. The standard InChI is InChI=1S/C14H25N5O8/c1-5(20)10(13(26)17-4-9(23)24)19-14(27)11(6(2)21)18-12(25)7(15)3-8(16)22/h5-7,10-11,20-21H,3-4,15H2,1-2H3,(H2,16,22)(H,17,26)(H,18,25)(H,19,27)(H,23,24). The van der Waals surface area contributed by atoms with Gasteiger partial charge >= 0.3 is 5.97 Å². The second-order valence-electron chi connectivity index (χ2n) is 5.84. The number of carbonyl (C=O) groups excluding carboxylic acids is 4. The molecule has 0 aliphatic rings. The van der Waals surface area contributed by atoms with E-state index < -0.39 is 72.9 Å². The molecule has 4 amide bonds. The molecule has 0 saturated heterocycles. The van der Waals surface area contributed by atoms with E-state index in [9.17, 15) is 34.2 Å². The van der Waals surface area contributed by atoms with Crippen LogP contribution in [0.3, 0.4) is 0 Å². The average Bonchev–Trinajstić information content (AvgIpc) is 2.53. The Kier molecular flexibility index (Phi) is 9.92. The summed E-state index contributed by atoms with van der Waals surface area (Å²) in [4.78, 5) is 57.4. The maximum absolute atomic E-state index is 12.3. The van der Waals surface area contributed by atoms with E-state index in [1.807, 2.05) is 5.32 Å². The molecular weight excluding hydrogens is 366 g/mol. The topological polar surface area (TPSA) is 234 Å². The maximum Gasteiger partial charge on any atom is 0.322 e. The fourth-order valence-electron chi connectivity index (χ4n) is 1.90. The summed E-state index contributed by atoms with van der Waals surface area (Å²) in [5.41, 5.74) is 10.4. The maximum atomic E-state index is 12.3. The van der Waals surface area contributed by atoms with E-state index in [-0.39, 0.29) is 0 Å². The Hall–Kier alpha value is -2.77. The summed E-state index contributed by atoms with van der Waals surface area (Å²) < 4.78 is 0. The molecule has 154 valence electrons. The predicted octanol–water partition coefficient (Wildman–Crippen LogP) is -4.88. The normalized spacial score (nSPS) is 16.2. The molecule has 0 aromatic heterocycles. The summed E-state index contributed by atoms with van der Waals surface area (Å²) in [6, 6.07) is -4.47. The van der Waals surface area contributed by atoms with E-state index >= 15 is 0 Å². The molecule has 0 saturated carbocycles. The highest BCUT2D eigenvalue weighted by atomic mass is 16.4. The summed E-state index contributed by atoms with van der Waals surface area (Å²) in [7, 11) is 0. The van der Waals surface area contributed by atoms with Crippen LogP contribution in [0.15, 0.2) is 0 Å². The molecule has 0 bridgehead atoms. The monoisotopic (exact) mass is 391 g/mol. The number of carboxylic acids is 1. The Morgan fingerprint density at radius 3 is 1.74 bits per heavy atom. The van der Waals surface area contributed by atoms with E-state index in [0.29, 0.717) is 0 Å². The Labute approximate surface area is 154 Å². The van der Waals surface area contributed by atoms with Crippen molar-refractivity contribution in [1.29, 1.82) is 0 Å². The van der Waals surface area contributed by atoms with Crippen LogP contribution in [0.25, 0.3) is 0 Å². The minimum atomic E-state index is -1.56. The molecule has 13 nitrogen and oxygen atoms in total. The second kappa shape index (κ2) is 11.1. The number of hydrogen-bond donors (Lipinski definition) is 8. The predicted molar refractivity (Wildman–Crippen MR) is 89.7 cm³/mol. The van der Waals surface area contributed by atoms with Crippen LogP contribution < -0.4 is 27.4 Å². The summed E-state index contributed by atoms with van der Waals surface area (Å²) in [5.74, 6) is -5.15. The number of rotatable bonds is 11. The highest BCUT2D eigenvalue weighted by Gasteiger charge is 2.33. The molecule has 0 aliphatic carbocycles. The smallest absolute Gasteiger partial charge is 0.322 e. The van der Waals surface area contributed by atoms with Gasteiger partial charge in [-0.25, -0.2) is 0 Å². The molecule has 13 heteroatoms. The van der Waals surface area contributed by atoms with Crippen molar-refractivity contribution in [2.45, 2.75) is 50.6 Å². The molecule has 5 unspecified atom stereocenters. The Balaban J connectivity index is 5.11. The first kappa shape index (κ1) is 24.2. The first-order valence-corrected chi connectivity index (χ1v) is 7.87. The van der Waals surface area contributed by atoms with Crippen LogP contribution >= 0.6 is 0 Å². The van der Waals surface area contributed by atoms with Crippen molar-refractivity contribution >= 4 is 29.6 Å². The zero-order valence-electron chi connectivity index (χ0n) is 14.8. The van der Waals surface area contributed by atoms with Gasteiger partial charge in [0.05, 0.1) is 24.7 Å². The van der Waals surface area contributed by atoms with E-state index in [1.54, 1.807) is 0 Å². The number of amides is 4. The molecule has 0 radical (unpaired) electrons. The van der Waals surface area contributed by atoms with Crippen LogP contribution in [0.5, 0.6) is 0 Å². The number of nitrogens with one attached hydrogen (secondary N) is 3. The van der Waals surface area contributed by atoms with Crippen molar-refractivity contribution in [2.75, 3.05) is 6.54 Å². The lowest BCUT2D eigenvalue weighted by atomic mass is 10.1. The highest BCUT2D eigenvalue weighted by molar-refractivity contribution is 5.95. The number of primary amides is 1. The number of carboxylic acid groups (broad SMARTS) is 1. The van der Waals surface area contributed by atoms with Gasteiger partial charge in [-0.3, -0.25) is 24.0 Å². The van der Waals surface area contributed by atoms with Crippen LogP contribution in [0.1, 0.15) is 20.3 Å². The summed E-state index contributed by atoms with van der Waals surface area (Å²) in [6.45, 7) is 1.60. The summed E-state index contributed by atoms with van der Waals surface area (Å²) in [5, 5.41) is 34.1. The Morgan fingerprint density at radius 1 is 0.889 bits per heavy atom. The third-order valence-corrected chi connectivity index (χ3v) is 3.30. The van der Waals surface area contributed by atoms with Crippen LogP contribution in [0.4, 0.5) is 0 Å². The van der Waals surface area contributed by atoms with Crippen LogP contribution in [-0.4, -0.2) is 81.8 Å². The molecule has 0 heterocycles. The zero-order chi connectivity index (χ0) is 21.3. The Bertz CT molecular complexity index is 580. The third-order valence-electron chi connectivity index (χ3n) is 3.30. The van der Waals surface area contributed by atoms with Crippen molar-refractivity contribution in [3.8, 4) is 0 Å². The van der Waals surface area contributed by atoms with E-state index in [2.05, 4.69) is 10.6 Å². The minimum absolute atomic E-state index is 0.492. The van der Waals surface area contributed by atoms with Gasteiger partial charge in [0, 0.05) is 0 Å². The molecule has 27 heavy (non-hydrogen) atoms. The lowest BCUT2D eigenvalue weighted by Gasteiger charge is -2.26. The highest BCUT2D eigenvalue weighted by Crippen LogP contribution is 2.00. The van der Waals surface area contributed by atoms with E-state index in [0.717, 1.165) is 0 Å². The molecule has 0 spiro atoms. The second-order valence-corrected chi connectivity index (χ2v) is 5.84. The van der Waals surface area contributed by atoms with Gasteiger partial charge in [-0.2, -0.15) is 0 Å². The molecule has 10 N–H and O–H groups in total. The van der Waals surface area contributed by atoms with Gasteiger partial charge in [-0.1, -0.05) is 0 Å². The summed E-state index contributed by atoms with van der Waals surface area (Å²) >= 11 is 0. The molecule has 5 atom stereocenters. The van der Waals surface area contributed by atoms with Gasteiger partial charge in [-0.15, -0.1) is 0 Å². The van der Waals surface area contributed by atoms with Crippen molar-refractivity contribution in [2.24, 2.45) is 11.5 Å².